The van der Waals surface area contributed by atoms with Gasteiger partial charge >= 0.3 is 0 Å². The average Bonchev–Trinajstić information content (AvgIpc) is 3.20. The number of ether oxygens (including phenoxy) is 2. The van der Waals surface area contributed by atoms with E-state index in [1.807, 2.05) is 4.90 Å². The van der Waals surface area contributed by atoms with Gasteiger partial charge in [-0.05, 0) is 30.3 Å². The van der Waals surface area contributed by atoms with Crippen LogP contribution in [0, 0.1) is 0 Å². The van der Waals surface area contributed by atoms with E-state index in [0.717, 1.165) is 0 Å². The number of benzene rings is 2. The van der Waals surface area contributed by atoms with Gasteiger partial charge in [-0.15, -0.1) is 0 Å². The SMILES string of the molecule is O=S(=O)(c1ccccc1)c1nc(COc2ccc(Cl)cc2Cl)oc1N1CCOCC1. The number of sulfone groups is 1. The summed E-state index contributed by atoms with van der Waals surface area (Å²) in [6, 6.07) is 12.9. The molecule has 10 heteroatoms. The molecule has 2 heterocycles. The van der Waals surface area contributed by atoms with Crippen LogP contribution in [0.2, 0.25) is 10.0 Å². The molecule has 158 valence electrons. The molecule has 0 saturated carbocycles. The highest BCUT2D eigenvalue weighted by molar-refractivity contribution is 7.91. The monoisotopic (exact) mass is 468 g/mol. The number of oxazole rings is 1. The van der Waals surface area contributed by atoms with E-state index in [-0.39, 0.29) is 28.3 Å². The zero-order valence-corrected chi connectivity index (χ0v) is 18.1. The number of rotatable bonds is 6. The first-order valence-corrected chi connectivity index (χ1v) is 11.4. The lowest BCUT2D eigenvalue weighted by atomic mass is 10.3. The molecular weight excluding hydrogens is 451 g/mol. The molecule has 0 amide bonds. The van der Waals surface area contributed by atoms with Crippen LogP contribution in [0.5, 0.6) is 5.75 Å². The van der Waals surface area contributed by atoms with Crippen molar-refractivity contribution in [3.05, 3.63) is 64.5 Å². The lowest BCUT2D eigenvalue weighted by molar-refractivity contribution is 0.120. The summed E-state index contributed by atoms with van der Waals surface area (Å²) in [6.07, 6.45) is 0. The Labute approximate surface area is 184 Å². The molecule has 2 aromatic carbocycles. The first kappa shape index (κ1) is 21.0. The first-order chi connectivity index (χ1) is 14.4. The molecule has 1 aliphatic rings. The Kier molecular flexibility index (Phi) is 6.19. The van der Waals surface area contributed by atoms with E-state index in [0.29, 0.717) is 42.1 Å². The smallest absolute Gasteiger partial charge is 0.236 e. The summed E-state index contributed by atoms with van der Waals surface area (Å²) < 4.78 is 43.3. The minimum atomic E-state index is -3.88. The summed E-state index contributed by atoms with van der Waals surface area (Å²) in [5.74, 6) is 0.694. The van der Waals surface area contributed by atoms with E-state index in [9.17, 15) is 8.42 Å². The molecule has 1 fully saturated rings. The van der Waals surface area contributed by atoms with Crippen molar-refractivity contribution in [3.63, 3.8) is 0 Å². The van der Waals surface area contributed by atoms with Gasteiger partial charge in [-0.25, -0.2) is 8.42 Å². The zero-order chi connectivity index (χ0) is 21.1. The van der Waals surface area contributed by atoms with Crippen molar-refractivity contribution >= 4 is 38.9 Å². The van der Waals surface area contributed by atoms with Crippen molar-refractivity contribution in [2.45, 2.75) is 16.5 Å². The van der Waals surface area contributed by atoms with Gasteiger partial charge < -0.3 is 18.8 Å². The minimum Gasteiger partial charge on any atom is -0.482 e. The maximum Gasteiger partial charge on any atom is 0.236 e. The van der Waals surface area contributed by atoms with E-state index in [2.05, 4.69) is 4.98 Å². The van der Waals surface area contributed by atoms with Crippen LogP contribution in [0.3, 0.4) is 0 Å². The predicted molar refractivity (Wildman–Crippen MR) is 112 cm³/mol. The normalized spacial score (nSPS) is 14.7. The standard InChI is InChI=1S/C20H18Cl2N2O5S/c21-14-6-7-17(16(22)12-14)28-13-18-23-19(20(29-18)24-8-10-27-11-9-24)30(25,26)15-4-2-1-3-5-15/h1-7,12H,8-11,13H2. The van der Waals surface area contributed by atoms with E-state index in [1.54, 1.807) is 36.4 Å². The van der Waals surface area contributed by atoms with Crippen molar-refractivity contribution in [2.24, 2.45) is 0 Å². The fourth-order valence-electron chi connectivity index (χ4n) is 2.99. The number of nitrogens with zero attached hydrogens (tertiary/aromatic N) is 2. The number of anilines is 1. The van der Waals surface area contributed by atoms with E-state index in [1.165, 1.54) is 12.1 Å². The second-order valence-electron chi connectivity index (χ2n) is 6.50. The summed E-state index contributed by atoms with van der Waals surface area (Å²) in [5, 5.41) is 0.672. The molecule has 0 aliphatic carbocycles. The molecule has 0 atom stereocenters. The van der Waals surface area contributed by atoms with E-state index >= 15 is 0 Å². The first-order valence-electron chi connectivity index (χ1n) is 9.15. The maximum absolute atomic E-state index is 13.2. The Morgan fingerprint density at radius 1 is 1.07 bits per heavy atom. The molecule has 3 aromatic rings. The van der Waals surface area contributed by atoms with Crippen LogP contribution in [0.15, 0.2) is 62.9 Å². The summed E-state index contributed by atoms with van der Waals surface area (Å²) >= 11 is 12.0. The maximum atomic E-state index is 13.2. The van der Waals surface area contributed by atoms with Crippen LogP contribution in [-0.4, -0.2) is 39.7 Å². The van der Waals surface area contributed by atoms with E-state index < -0.39 is 9.84 Å². The van der Waals surface area contributed by atoms with Gasteiger partial charge in [0.05, 0.1) is 23.1 Å². The summed E-state index contributed by atoms with van der Waals surface area (Å²) in [5.41, 5.74) is 0. The van der Waals surface area contributed by atoms with Crippen molar-refractivity contribution in [1.29, 1.82) is 0 Å². The lowest BCUT2D eigenvalue weighted by Gasteiger charge is -2.26. The Bertz CT molecular complexity index is 1130. The molecular formula is C20H18Cl2N2O5S. The van der Waals surface area contributed by atoms with Crippen LogP contribution in [0.1, 0.15) is 5.89 Å². The van der Waals surface area contributed by atoms with Gasteiger partial charge in [-0.2, -0.15) is 4.98 Å². The predicted octanol–water partition coefficient (Wildman–Crippen LogP) is 4.23. The van der Waals surface area contributed by atoms with Gasteiger partial charge in [0.2, 0.25) is 26.6 Å². The van der Waals surface area contributed by atoms with Gasteiger partial charge in [0, 0.05) is 18.1 Å². The summed E-state index contributed by atoms with van der Waals surface area (Å²) in [4.78, 5) is 6.21. The molecule has 30 heavy (non-hydrogen) atoms. The van der Waals surface area contributed by atoms with Gasteiger partial charge in [0.25, 0.3) is 0 Å². The number of hydrogen-bond donors (Lipinski definition) is 0. The molecule has 0 spiro atoms. The molecule has 1 aliphatic heterocycles. The molecule has 7 nitrogen and oxygen atoms in total. The summed E-state index contributed by atoms with van der Waals surface area (Å²) in [6.45, 7) is 1.84. The molecule has 4 rings (SSSR count). The van der Waals surface area contributed by atoms with Gasteiger partial charge in [-0.1, -0.05) is 41.4 Å². The number of morpholine rings is 1. The van der Waals surface area contributed by atoms with E-state index in [4.69, 9.17) is 37.1 Å². The number of aromatic nitrogens is 1. The second kappa shape index (κ2) is 8.85. The third-order valence-electron chi connectivity index (χ3n) is 4.48. The van der Waals surface area contributed by atoms with Gasteiger partial charge in [-0.3, -0.25) is 0 Å². The Morgan fingerprint density at radius 2 is 1.80 bits per heavy atom. The van der Waals surface area contributed by atoms with Crippen molar-refractivity contribution < 1.29 is 22.3 Å². The second-order valence-corrected chi connectivity index (χ2v) is 9.21. The van der Waals surface area contributed by atoms with Crippen molar-refractivity contribution in [1.82, 2.24) is 4.98 Å². The highest BCUT2D eigenvalue weighted by Crippen LogP contribution is 2.33. The summed E-state index contributed by atoms with van der Waals surface area (Å²) in [7, 11) is -3.88. The fourth-order valence-corrected chi connectivity index (χ4v) is 4.81. The highest BCUT2D eigenvalue weighted by atomic mass is 35.5. The number of hydrogen-bond acceptors (Lipinski definition) is 7. The molecule has 1 aromatic heterocycles. The Hall–Kier alpha value is -2.26. The fraction of sp³-hybridized carbons (Fsp3) is 0.250. The zero-order valence-electron chi connectivity index (χ0n) is 15.8. The molecule has 0 radical (unpaired) electrons. The highest BCUT2D eigenvalue weighted by Gasteiger charge is 2.31. The third-order valence-corrected chi connectivity index (χ3v) is 6.67. The quantitative estimate of drug-likeness (QED) is 0.535. The van der Waals surface area contributed by atoms with Crippen LogP contribution in [0.4, 0.5) is 5.88 Å². The lowest BCUT2D eigenvalue weighted by Crippen LogP contribution is -2.36. The van der Waals surface area contributed by atoms with Crippen molar-refractivity contribution in [3.8, 4) is 5.75 Å². The molecule has 0 bridgehead atoms. The topological polar surface area (TPSA) is 81.9 Å². The molecule has 0 unspecified atom stereocenters. The van der Waals surface area contributed by atoms with Crippen molar-refractivity contribution in [2.75, 3.05) is 31.2 Å². The van der Waals surface area contributed by atoms with Crippen LogP contribution >= 0.6 is 23.2 Å². The Morgan fingerprint density at radius 3 is 2.50 bits per heavy atom. The van der Waals surface area contributed by atoms with Crippen LogP contribution < -0.4 is 9.64 Å². The number of halogens is 2. The molecule has 1 saturated heterocycles. The molecule has 0 N–H and O–H groups in total. The van der Waals surface area contributed by atoms with Gasteiger partial charge in [0.15, 0.2) is 6.61 Å². The van der Waals surface area contributed by atoms with Crippen LogP contribution in [-0.2, 0) is 21.2 Å². The Balaban J connectivity index is 1.67. The average molecular weight is 469 g/mol. The minimum absolute atomic E-state index is 0.0942. The van der Waals surface area contributed by atoms with Crippen LogP contribution in [0.25, 0.3) is 0 Å². The largest absolute Gasteiger partial charge is 0.482 e. The van der Waals surface area contributed by atoms with Gasteiger partial charge in [0.1, 0.15) is 5.75 Å². The third kappa shape index (κ3) is 4.41.